The van der Waals surface area contributed by atoms with Gasteiger partial charge in [0.05, 0.1) is 18.1 Å². The van der Waals surface area contributed by atoms with Crippen LogP contribution >= 0.6 is 0 Å². The average molecular weight is 485 g/mol. The van der Waals surface area contributed by atoms with Crippen LogP contribution in [-0.4, -0.2) is 35.9 Å². The van der Waals surface area contributed by atoms with E-state index >= 15 is 0 Å². The highest BCUT2D eigenvalue weighted by molar-refractivity contribution is 6.31. The molecule has 8 heteroatoms. The number of likely N-dealkylation sites (tertiary alicyclic amines) is 1. The number of fused-ring (bicyclic) bond motifs is 1. The molecule has 3 aromatic carbocycles. The van der Waals surface area contributed by atoms with Crippen LogP contribution in [0.5, 0.6) is 5.75 Å². The van der Waals surface area contributed by atoms with Crippen molar-refractivity contribution in [1.82, 2.24) is 4.90 Å². The molecule has 2 heterocycles. The summed E-state index contributed by atoms with van der Waals surface area (Å²) in [5, 5.41) is 17.7. The smallest absolute Gasteiger partial charge is 0.270 e. The molecule has 0 aromatic heterocycles. The number of amides is 1. The molecule has 2 aliphatic rings. The highest BCUT2D eigenvalue weighted by atomic mass is 16.6. The first-order valence-electron chi connectivity index (χ1n) is 12.0. The Hall–Kier alpha value is -4.17. The van der Waals surface area contributed by atoms with Crippen molar-refractivity contribution in [2.24, 2.45) is 0 Å². The second-order valence-electron chi connectivity index (χ2n) is 9.10. The molecule has 1 unspecified atom stereocenters. The van der Waals surface area contributed by atoms with E-state index in [4.69, 9.17) is 4.74 Å². The van der Waals surface area contributed by atoms with Gasteiger partial charge in [0.15, 0.2) is 0 Å². The van der Waals surface area contributed by atoms with Crippen molar-refractivity contribution in [3.63, 3.8) is 0 Å². The van der Waals surface area contributed by atoms with Crippen molar-refractivity contribution in [3.8, 4) is 5.75 Å². The molecule has 0 aliphatic carbocycles. The summed E-state index contributed by atoms with van der Waals surface area (Å²) in [5.41, 5.74) is 4.53. The van der Waals surface area contributed by atoms with Gasteiger partial charge in [0, 0.05) is 41.2 Å². The lowest BCUT2D eigenvalue weighted by molar-refractivity contribution is -0.384. The molecule has 1 saturated heterocycles. The van der Waals surface area contributed by atoms with Crippen molar-refractivity contribution < 1.29 is 14.5 Å². The van der Waals surface area contributed by atoms with Crippen LogP contribution < -0.4 is 15.4 Å². The zero-order valence-electron chi connectivity index (χ0n) is 20.1. The zero-order chi connectivity index (χ0) is 25.1. The first-order chi connectivity index (χ1) is 17.5. The Morgan fingerprint density at radius 1 is 1.08 bits per heavy atom. The number of benzene rings is 3. The summed E-state index contributed by atoms with van der Waals surface area (Å²) < 4.78 is 5.30. The monoisotopic (exact) mass is 484 g/mol. The summed E-state index contributed by atoms with van der Waals surface area (Å²) in [6.45, 7) is 3.24. The Labute approximate surface area is 209 Å². The van der Waals surface area contributed by atoms with Gasteiger partial charge in [0.25, 0.3) is 11.6 Å². The number of hydrogen-bond donors (Lipinski definition) is 2. The average Bonchev–Trinajstić information content (AvgIpc) is 3.51. The number of rotatable bonds is 8. The molecule has 36 heavy (non-hydrogen) atoms. The Kier molecular flexibility index (Phi) is 6.69. The maximum absolute atomic E-state index is 12.8. The molecule has 184 valence electrons. The summed E-state index contributed by atoms with van der Waals surface area (Å²) in [6, 6.07) is 20.0. The second-order valence-corrected chi connectivity index (χ2v) is 9.10. The molecule has 1 atom stereocenters. The minimum absolute atomic E-state index is 0.0568. The molecule has 0 saturated carbocycles. The van der Waals surface area contributed by atoms with Gasteiger partial charge in [0.2, 0.25) is 0 Å². The van der Waals surface area contributed by atoms with Crippen LogP contribution in [0.2, 0.25) is 0 Å². The Balaban J connectivity index is 1.46. The third-order valence-corrected chi connectivity index (χ3v) is 6.69. The van der Waals surface area contributed by atoms with Gasteiger partial charge in [-0.15, -0.1) is 0 Å². The van der Waals surface area contributed by atoms with Gasteiger partial charge in [-0.1, -0.05) is 24.3 Å². The molecule has 8 nitrogen and oxygen atoms in total. The summed E-state index contributed by atoms with van der Waals surface area (Å²) in [6.07, 6.45) is 4.35. The van der Waals surface area contributed by atoms with E-state index in [1.807, 2.05) is 42.5 Å². The van der Waals surface area contributed by atoms with Crippen LogP contribution in [-0.2, 0) is 11.3 Å². The van der Waals surface area contributed by atoms with Crippen molar-refractivity contribution in [3.05, 3.63) is 99.6 Å². The number of nitro benzene ring substituents is 1. The zero-order valence-corrected chi connectivity index (χ0v) is 20.1. The van der Waals surface area contributed by atoms with Gasteiger partial charge in [-0.3, -0.25) is 19.8 Å². The van der Waals surface area contributed by atoms with E-state index in [1.165, 1.54) is 30.5 Å². The molecule has 0 spiro atoms. The largest absolute Gasteiger partial charge is 0.497 e. The number of ether oxygens (including phenoxy) is 1. The molecule has 0 bridgehead atoms. The lowest BCUT2D eigenvalue weighted by Crippen LogP contribution is -2.18. The molecule has 3 aromatic rings. The fourth-order valence-corrected chi connectivity index (χ4v) is 4.74. The van der Waals surface area contributed by atoms with Gasteiger partial charge >= 0.3 is 0 Å². The normalized spacial score (nSPS) is 17.0. The highest BCUT2D eigenvalue weighted by Crippen LogP contribution is 2.37. The molecule has 2 aliphatic heterocycles. The van der Waals surface area contributed by atoms with Crippen molar-refractivity contribution in [2.75, 3.05) is 30.8 Å². The maximum atomic E-state index is 12.8. The predicted molar refractivity (Wildman–Crippen MR) is 140 cm³/mol. The van der Waals surface area contributed by atoms with Gasteiger partial charge in [-0.25, -0.2) is 0 Å². The summed E-state index contributed by atoms with van der Waals surface area (Å²) >= 11 is 0. The van der Waals surface area contributed by atoms with Gasteiger partial charge in [-0.05, 0) is 73.5 Å². The number of hydrogen-bond acceptors (Lipinski definition) is 6. The number of nitrogens with zero attached hydrogens (tertiary/aromatic N) is 2. The molecular formula is C28H28N4O4. The van der Waals surface area contributed by atoms with E-state index in [2.05, 4.69) is 27.7 Å². The number of carbonyl (C=O) groups is 1. The summed E-state index contributed by atoms with van der Waals surface area (Å²) in [4.78, 5) is 26.2. The first-order valence-corrected chi connectivity index (χ1v) is 12.0. The Morgan fingerprint density at radius 2 is 1.81 bits per heavy atom. The van der Waals surface area contributed by atoms with Gasteiger partial charge < -0.3 is 15.4 Å². The maximum Gasteiger partial charge on any atom is 0.270 e. The summed E-state index contributed by atoms with van der Waals surface area (Å²) in [5.74, 6) is 0.447. The Morgan fingerprint density at radius 3 is 2.47 bits per heavy atom. The predicted octanol–water partition coefficient (Wildman–Crippen LogP) is 5.39. The lowest BCUT2D eigenvalue weighted by atomic mass is 9.99. The van der Waals surface area contributed by atoms with Gasteiger partial charge in [0.1, 0.15) is 5.75 Å². The molecule has 2 N–H and O–H groups in total. The lowest BCUT2D eigenvalue weighted by Gasteiger charge is -2.19. The van der Waals surface area contributed by atoms with Crippen LogP contribution in [0, 0.1) is 10.1 Å². The van der Waals surface area contributed by atoms with E-state index in [1.54, 1.807) is 13.2 Å². The Bertz CT molecular complexity index is 1300. The number of methoxy groups -OCH3 is 1. The number of nitrogens with one attached hydrogen (secondary N) is 2. The molecule has 1 fully saturated rings. The fourth-order valence-electron chi connectivity index (χ4n) is 4.74. The van der Waals surface area contributed by atoms with Crippen LogP contribution in [0.4, 0.5) is 17.1 Å². The molecule has 5 rings (SSSR count). The van der Waals surface area contributed by atoms with E-state index in [0.717, 1.165) is 36.6 Å². The molecule has 1 amide bonds. The quantitative estimate of drug-likeness (QED) is 0.253. The van der Waals surface area contributed by atoms with Crippen LogP contribution in [0.25, 0.3) is 5.57 Å². The molecular weight excluding hydrogens is 456 g/mol. The third kappa shape index (κ3) is 5.08. The standard InChI is InChI=1S/C28H28N4O4/c1-36-23-11-6-20(7-12-23)27(29-21-8-4-19(5-9-21)18-31-14-2-3-15-31)17-25-24-16-22(32(34)35)10-13-26(24)30-28(25)33/h4-13,16-17,27,29H,2-3,14-15,18H2,1H3,(H,30,33). The van der Waals surface area contributed by atoms with E-state index in [-0.39, 0.29) is 17.6 Å². The minimum Gasteiger partial charge on any atom is -0.497 e. The fraction of sp³-hybridized carbons (Fsp3) is 0.250. The SMILES string of the molecule is COc1ccc(C(C=C2C(=O)Nc3ccc([N+](=O)[O-])cc32)Nc2ccc(CN3CCCC3)cc2)cc1. The molecule has 0 radical (unpaired) electrons. The topological polar surface area (TPSA) is 96.7 Å². The highest BCUT2D eigenvalue weighted by Gasteiger charge is 2.27. The summed E-state index contributed by atoms with van der Waals surface area (Å²) in [7, 11) is 1.61. The van der Waals surface area contributed by atoms with Crippen molar-refractivity contribution >= 4 is 28.5 Å². The first kappa shape index (κ1) is 23.6. The van der Waals surface area contributed by atoms with Crippen molar-refractivity contribution in [2.45, 2.75) is 25.4 Å². The van der Waals surface area contributed by atoms with Crippen LogP contribution in [0.15, 0.2) is 72.8 Å². The van der Waals surface area contributed by atoms with Gasteiger partial charge in [-0.2, -0.15) is 0 Å². The number of carbonyl (C=O) groups excluding carboxylic acids is 1. The number of anilines is 2. The van der Waals surface area contributed by atoms with Crippen LogP contribution in [0.1, 0.15) is 35.6 Å². The van der Waals surface area contributed by atoms with Crippen LogP contribution in [0.3, 0.4) is 0 Å². The van der Waals surface area contributed by atoms with E-state index < -0.39 is 4.92 Å². The second kappa shape index (κ2) is 10.2. The van der Waals surface area contributed by atoms with E-state index in [0.29, 0.717) is 16.8 Å². The number of nitro groups is 1. The van der Waals surface area contributed by atoms with Crippen molar-refractivity contribution in [1.29, 1.82) is 0 Å². The van der Waals surface area contributed by atoms with E-state index in [9.17, 15) is 14.9 Å². The minimum atomic E-state index is -0.455. The third-order valence-electron chi connectivity index (χ3n) is 6.69. The number of non-ortho nitro benzene ring substituents is 1.